The maximum Gasteiger partial charge on any atom is 0.120 e. The zero-order chi connectivity index (χ0) is 13.8. The first-order valence-electron chi connectivity index (χ1n) is 7.21. The van der Waals surface area contributed by atoms with Gasteiger partial charge in [0.2, 0.25) is 0 Å². The van der Waals surface area contributed by atoms with Gasteiger partial charge in [0, 0.05) is 38.4 Å². The second-order valence-corrected chi connectivity index (χ2v) is 5.39. The lowest BCUT2D eigenvalue weighted by molar-refractivity contribution is 0.0953. The van der Waals surface area contributed by atoms with E-state index in [1.807, 2.05) is 18.4 Å². The van der Waals surface area contributed by atoms with Gasteiger partial charge in [0.15, 0.2) is 0 Å². The van der Waals surface area contributed by atoms with Gasteiger partial charge in [-0.3, -0.25) is 9.80 Å². The molecule has 106 valence electrons. The largest absolute Gasteiger partial charge is 0.399 e. The minimum atomic E-state index is 0.166. The van der Waals surface area contributed by atoms with Crippen molar-refractivity contribution in [3.63, 3.8) is 0 Å². The summed E-state index contributed by atoms with van der Waals surface area (Å²) in [6.07, 6.45) is 6.07. The lowest BCUT2D eigenvalue weighted by atomic mass is 10.1. The Morgan fingerprint density at radius 1 is 1.10 bits per heavy atom. The van der Waals surface area contributed by atoms with E-state index in [0.717, 1.165) is 38.4 Å². The third-order valence-electron chi connectivity index (χ3n) is 3.98. The molecule has 0 saturated carbocycles. The number of nitrogens with two attached hydrogens (primary N) is 1. The van der Waals surface area contributed by atoms with E-state index in [4.69, 9.17) is 5.73 Å². The first kappa shape index (κ1) is 13.2. The molecular weight excluding hydrogens is 248 g/mol. The molecule has 3 rings (SSSR count). The van der Waals surface area contributed by atoms with Gasteiger partial charge in [-0.25, -0.2) is 0 Å². The van der Waals surface area contributed by atoms with Crippen LogP contribution in [0.1, 0.15) is 5.56 Å². The van der Waals surface area contributed by atoms with E-state index in [1.54, 1.807) is 0 Å². The second kappa shape index (κ2) is 6.11. The van der Waals surface area contributed by atoms with Gasteiger partial charge in [0.25, 0.3) is 0 Å². The van der Waals surface area contributed by atoms with E-state index in [1.165, 1.54) is 5.56 Å². The highest BCUT2D eigenvalue weighted by atomic mass is 15.3. The maximum absolute atomic E-state index is 6.06. The van der Waals surface area contributed by atoms with Crippen molar-refractivity contribution in [2.24, 2.45) is 5.73 Å². The van der Waals surface area contributed by atoms with Crippen molar-refractivity contribution in [2.45, 2.75) is 12.7 Å². The molecule has 4 nitrogen and oxygen atoms in total. The van der Waals surface area contributed by atoms with E-state index >= 15 is 0 Å². The average molecular weight is 270 g/mol. The fraction of sp³-hybridized carbons (Fsp3) is 0.375. The summed E-state index contributed by atoms with van der Waals surface area (Å²) in [5.74, 6) is 0. The fourth-order valence-electron chi connectivity index (χ4n) is 2.83. The van der Waals surface area contributed by atoms with Gasteiger partial charge < -0.3 is 11.1 Å². The Morgan fingerprint density at radius 2 is 1.85 bits per heavy atom. The molecule has 0 radical (unpaired) electrons. The van der Waals surface area contributed by atoms with E-state index in [9.17, 15) is 0 Å². The van der Waals surface area contributed by atoms with Crippen molar-refractivity contribution < 1.29 is 0 Å². The number of dihydropyridines is 1. The highest BCUT2D eigenvalue weighted by Crippen LogP contribution is 2.13. The van der Waals surface area contributed by atoms with Gasteiger partial charge in [-0.15, -0.1) is 0 Å². The predicted octanol–water partition coefficient (Wildman–Crippen LogP) is 1.09. The normalized spacial score (nSPS) is 24.2. The molecule has 1 unspecified atom stereocenters. The molecule has 4 heteroatoms. The van der Waals surface area contributed by atoms with Gasteiger partial charge in [0.1, 0.15) is 6.17 Å². The zero-order valence-corrected chi connectivity index (χ0v) is 11.7. The van der Waals surface area contributed by atoms with E-state index < -0.39 is 0 Å². The Morgan fingerprint density at radius 3 is 2.55 bits per heavy atom. The standard InChI is InChI=1S/C16H22N4/c17-15-7-4-8-18-16(15)20-11-9-19(10-12-20)13-14-5-2-1-3-6-14/h1-8,16,18H,9-13,17H2. The second-order valence-electron chi connectivity index (χ2n) is 5.39. The molecule has 3 N–H and O–H groups in total. The van der Waals surface area contributed by atoms with Crippen LogP contribution in [0.5, 0.6) is 0 Å². The summed E-state index contributed by atoms with van der Waals surface area (Å²) in [6, 6.07) is 10.7. The molecule has 2 aliphatic heterocycles. The smallest absolute Gasteiger partial charge is 0.120 e. The number of hydrogen-bond acceptors (Lipinski definition) is 4. The van der Waals surface area contributed by atoms with Gasteiger partial charge in [-0.1, -0.05) is 30.3 Å². The van der Waals surface area contributed by atoms with Gasteiger partial charge in [-0.2, -0.15) is 0 Å². The first-order valence-corrected chi connectivity index (χ1v) is 7.21. The molecule has 1 saturated heterocycles. The minimum Gasteiger partial charge on any atom is -0.399 e. The monoisotopic (exact) mass is 270 g/mol. The Bertz CT molecular complexity index is 486. The Balaban J connectivity index is 1.52. The van der Waals surface area contributed by atoms with Crippen molar-refractivity contribution in [3.05, 3.63) is 59.9 Å². The topological polar surface area (TPSA) is 44.5 Å². The molecule has 0 bridgehead atoms. The molecule has 20 heavy (non-hydrogen) atoms. The van der Waals surface area contributed by atoms with E-state index in [-0.39, 0.29) is 6.17 Å². The van der Waals surface area contributed by atoms with Crippen LogP contribution in [0.25, 0.3) is 0 Å². The molecular formula is C16H22N4. The van der Waals surface area contributed by atoms with Crippen LogP contribution in [0, 0.1) is 0 Å². The lowest BCUT2D eigenvalue weighted by Gasteiger charge is -2.40. The maximum atomic E-state index is 6.06. The molecule has 1 aromatic carbocycles. The molecule has 0 amide bonds. The fourth-order valence-corrected chi connectivity index (χ4v) is 2.83. The molecule has 2 aliphatic rings. The van der Waals surface area contributed by atoms with E-state index in [0.29, 0.717) is 0 Å². The summed E-state index contributed by atoms with van der Waals surface area (Å²) in [5, 5.41) is 3.34. The molecule has 0 aliphatic carbocycles. The molecule has 1 atom stereocenters. The number of nitrogens with one attached hydrogen (secondary N) is 1. The minimum absolute atomic E-state index is 0.166. The highest BCUT2D eigenvalue weighted by Gasteiger charge is 2.25. The van der Waals surface area contributed by atoms with Crippen LogP contribution < -0.4 is 11.1 Å². The lowest BCUT2D eigenvalue weighted by Crippen LogP contribution is -2.55. The zero-order valence-electron chi connectivity index (χ0n) is 11.7. The Kier molecular flexibility index (Phi) is 4.04. The third kappa shape index (κ3) is 3.03. The molecule has 2 heterocycles. The van der Waals surface area contributed by atoms with Crippen LogP contribution >= 0.6 is 0 Å². The number of allylic oxidation sites excluding steroid dienone is 2. The number of piperazine rings is 1. The number of hydrogen-bond donors (Lipinski definition) is 2. The summed E-state index contributed by atoms with van der Waals surface area (Å²) < 4.78 is 0. The average Bonchev–Trinajstić information content (AvgIpc) is 2.50. The van der Waals surface area contributed by atoms with Gasteiger partial charge in [0.05, 0.1) is 0 Å². The van der Waals surface area contributed by atoms with Crippen LogP contribution in [0.15, 0.2) is 54.4 Å². The summed E-state index contributed by atoms with van der Waals surface area (Å²) in [5.41, 5.74) is 8.35. The van der Waals surface area contributed by atoms with Crippen LogP contribution in [0.3, 0.4) is 0 Å². The van der Waals surface area contributed by atoms with Crippen LogP contribution in [-0.4, -0.2) is 42.1 Å². The van der Waals surface area contributed by atoms with Crippen LogP contribution in [-0.2, 0) is 6.54 Å². The highest BCUT2D eigenvalue weighted by molar-refractivity contribution is 5.20. The summed E-state index contributed by atoms with van der Waals surface area (Å²) in [4.78, 5) is 4.92. The quantitative estimate of drug-likeness (QED) is 0.863. The van der Waals surface area contributed by atoms with Crippen molar-refractivity contribution in [3.8, 4) is 0 Å². The molecule has 1 aromatic rings. The third-order valence-corrected chi connectivity index (χ3v) is 3.98. The molecule has 0 aromatic heterocycles. The number of nitrogens with zero attached hydrogens (tertiary/aromatic N) is 2. The number of benzene rings is 1. The van der Waals surface area contributed by atoms with Crippen LogP contribution in [0.4, 0.5) is 0 Å². The summed E-state index contributed by atoms with van der Waals surface area (Å²) in [6.45, 7) is 5.31. The Labute approximate surface area is 120 Å². The first-order chi connectivity index (χ1) is 9.83. The van der Waals surface area contributed by atoms with E-state index in [2.05, 4.69) is 45.4 Å². The Hall–Kier alpha value is -1.78. The van der Waals surface area contributed by atoms with Gasteiger partial charge >= 0.3 is 0 Å². The van der Waals surface area contributed by atoms with Crippen molar-refractivity contribution in [1.29, 1.82) is 0 Å². The summed E-state index contributed by atoms with van der Waals surface area (Å²) in [7, 11) is 0. The SMILES string of the molecule is NC1=CC=CNC1N1CCN(Cc2ccccc2)CC1. The van der Waals surface area contributed by atoms with Crippen molar-refractivity contribution >= 4 is 0 Å². The van der Waals surface area contributed by atoms with Gasteiger partial charge in [-0.05, 0) is 23.9 Å². The van der Waals surface area contributed by atoms with Crippen molar-refractivity contribution in [1.82, 2.24) is 15.1 Å². The number of rotatable bonds is 3. The molecule has 1 fully saturated rings. The molecule has 0 spiro atoms. The summed E-state index contributed by atoms with van der Waals surface area (Å²) >= 11 is 0. The van der Waals surface area contributed by atoms with Crippen LogP contribution in [0.2, 0.25) is 0 Å². The predicted molar refractivity (Wildman–Crippen MR) is 81.6 cm³/mol. The van der Waals surface area contributed by atoms with Crippen molar-refractivity contribution in [2.75, 3.05) is 26.2 Å².